The molecule has 31 heavy (non-hydrogen) atoms. The van der Waals surface area contributed by atoms with Crippen LogP contribution in [0.15, 0.2) is 53.4 Å². The maximum Gasteiger partial charge on any atom is 0.264 e. The second kappa shape index (κ2) is 10.2. The Labute approximate surface area is 184 Å². The van der Waals surface area contributed by atoms with Crippen molar-refractivity contribution in [1.82, 2.24) is 10.2 Å². The summed E-state index contributed by atoms with van der Waals surface area (Å²) in [5.41, 5.74) is 0.628. The average Bonchev–Trinajstić information content (AvgIpc) is 2.78. The molecule has 8 heteroatoms. The molecule has 0 aliphatic carbocycles. The topological polar surface area (TPSA) is 69.7 Å². The summed E-state index contributed by atoms with van der Waals surface area (Å²) in [6.07, 6.45) is 3.30. The van der Waals surface area contributed by atoms with Crippen molar-refractivity contribution in [2.45, 2.75) is 31.1 Å². The fourth-order valence-corrected chi connectivity index (χ4v) is 4.88. The van der Waals surface area contributed by atoms with Gasteiger partial charge in [0.15, 0.2) is 0 Å². The van der Waals surface area contributed by atoms with Crippen molar-refractivity contribution in [2.75, 3.05) is 37.5 Å². The number of hydrogen-bond donors (Lipinski definition) is 1. The van der Waals surface area contributed by atoms with Crippen LogP contribution in [0.1, 0.15) is 36.5 Å². The number of piperidine rings is 1. The summed E-state index contributed by atoms with van der Waals surface area (Å²) < 4.78 is 40.1. The van der Waals surface area contributed by atoms with Crippen LogP contribution in [0.25, 0.3) is 0 Å². The Balaban J connectivity index is 1.58. The number of hydrogen-bond acceptors (Lipinski definition) is 4. The van der Waals surface area contributed by atoms with E-state index in [-0.39, 0.29) is 10.8 Å². The molecule has 1 amide bonds. The van der Waals surface area contributed by atoms with Crippen LogP contribution < -0.4 is 9.62 Å². The Morgan fingerprint density at radius 1 is 1.16 bits per heavy atom. The Bertz CT molecular complexity index is 987. The Hall–Kier alpha value is -2.45. The number of benzene rings is 2. The van der Waals surface area contributed by atoms with Gasteiger partial charge in [0.25, 0.3) is 15.9 Å². The van der Waals surface area contributed by atoms with Crippen molar-refractivity contribution < 1.29 is 17.6 Å². The van der Waals surface area contributed by atoms with Gasteiger partial charge in [0.05, 0.1) is 10.6 Å². The predicted octanol–water partition coefficient (Wildman–Crippen LogP) is 3.50. The number of nitrogens with zero attached hydrogens (tertiary/aromatic N) is 2. The molecule has 1 heterocycles. The summed E-state index contributed by atoms with van der Waals surface area (Å²) >= 11 is 0. The zero-order valence-corrected chi connectivity index (χ0v) is 18.9. The third-order valence-corrected chi connectivity index (χ3v) is 7.54. The molecule has 1 aliphatic heterocycles. The highest BCUT2D eigenvalue weighted by molar-refractivity contribution is 7.92. The lowest BCUT2D eigenvalue weighted by Gasteiger charge is -2.30. The molecule has 0 bridgehead atoms. The van der Waals surface area contributed by atoms with Crippen molar-refractivity contribution >= 4 is 21.6 Å². The zero-order chi connectivity index (χ0) is 22.4. The molecule has 2 aromatic rings. The normalized spacial score (nSPS) is 15.6. The molecule has 3 rings (SSSR count). The van der Waals surface area contributed by atoms with Gasteiger partial charge >= 0.3 is 0 Å². The number of nitrogens with one attached hydrogen (secondary N) is 1. The highest BCUT2D eigenvalue weighted by Crippen LogP contribution is 2.23. The smallest absolute Gasteiger partial charge is 0.264 e. The van der Waals surface area contributed by atoms with E-state index in [1.807, 2.05) is 0 Å². The van der Waals surface area contributed by atoms with E-state index in [0.29, 0.717) is 17.8 Å². The second-order valence-electron chi connectivity index (χ2n) is 8.11. The molecule has 0 aromatic heterocycles. The predicted molar refractivity (Wildman–Crippen MR) is 120 cm³/mol. The van der Waals surface area contributed by atoms with Crippen LogP contribution in [0, 0.1) is 11.7 Å². The highest BCUT2D eigenvalue weighted by Gasteiger charge is 2.22. The van der Waals surface area contributed by atoms with Crippen LogP contribution >= 0.6 is 0 Å². The molecule has 0 unspecified atom stereocenters. The standard InChI is InChI=1S/C23H30FN3O3S/c1-18-11-15-27(16-12-18)14-4-13-25-23(28)19-5-3-6-22(17-19)31(29,30)26(2)21-9-7-20(24)8-10-21/h3,5-10,17-18H,4,11-16H2,1-2H3,(H,25,28). The summed E-state index contributed by atoms with van der Waals surface area (Å²) in [4.78, 5) is 15.0. The van der Waals surface area contributed by atoms with Crippen molar-refractivity contribution in [1.29, 1.82) is 0 Å². The molecular weight excluding hydrogens is 417 g/mol. The molecule has 6 nitrogen and oxygen atoms in total. The molecule has 168 valence electrons. The summed E-state index contributed by atoms with van der Waals surface area (Å²) in [7, 11) is -2.48. The van der Waals surface area contributed by atoms with Crippen molar-refractivity contribution in [3.63, 3.8) is 0 Å². The van der Waals surface area contributed by atoms with Crippen LogP contribution in [0.5, 0.6) is 0 Å². The summed E-state index contributed by atoms with van der Waals surface area (Å²) in [5, 5.41) is 2.88. The Kier molecular flexibility index (Phi) is 7.67. The monoisotopic (exact) mass is 447 g/mol. The minimum Gasteiger partial charge on any atom is -0.352 e. The third-order valence-electron chi connectivity index (χ3n) is 5.76. The highest BCUT2D eigenvalue weighted by atomic mass is 32.2. The van der Waals surface area contributed by atoms with Crippen LogP contribution in [0.2, 0.25) is 0 Å². The van der Waals surface area contributed by atoms with Crippen LogP contribution in [0.4, 0.5) is 10.1 Å². The number of amides is 1. The Morgan fingerprint density at radius 3 is 2.52 bits per heavy atom. The van der Waals surface area contributed by atoms with Gasteiger partial charge in [-0.1, -0.05) is 13.0 Å². The Morgan fingerprint density at radius 2 is 1.84 bits per heavy atom. The van der Waals surface area contributed by atoms with Gasteiger partial charge in [-0.15, -0.1) is 0 Å². The van der Waals surface area contributed by atoms with E-state index in [1.165, 1.54) is 56.3 Å². The van der Waals surface area contributed by atoms with Gasteiger partial charge < -0.3 is 10.2 Å². The van der Waals surface area contributed by atoms with Gasteiger partial charge in [0, 0.05) is 19.2 Å². The molecular formula is C23H30FN3O3S. The van der Waals surface area contributed by atoms with Gasteiger partial charge in [-0.05, 0) is 87.3 Å². The zero-order valence-electron chi connectivity index (χ0n) is 18.1. The fraction of sp³-hybridized carbons (Fsp3) is 0.435. The molecule has 0 radical (unpaired) electrons. The maximum atomic E-state index is 13.1. The first kappa shape index (κ1) is 23.2. The number of halogens is 1. The number of rotatable bonds is 8. The summed E-state index contributed by atoms with van der Waals surface area (Å²) in [6, 6.07) is 11.2. The van der Waals surface area contributed by atoms with E-state index in [2.05, 4.69) is 17.1 Å². The minimum absolute atomic E-state index is 0.00871. The third kappa shape index (κ3) is 6.04. The molecule has 0 spiro atoms. The average molecular weight is 448 g/mol. The SMILES string of the molecule is CC1CCN(CCCNC(=O)c2cccc(S(=O)(=O)N(C)c3ccc(F)cc3)c2)CC1. The first-order valence-corrected chi connectivity index (χ1v) is 12.1. The van der Waals surface area contributed by atoms with E-state index in [4.69, 9.17) is 0 Å². The van der Waals surface area contributed by atoms with E-state index in [1.54, 1.807) is 12.1 Å². The van der Waals surface area contributed by atoms with Gasteiger partial charge in [0.2, 0.25) is 0 Å². The van der Waals surface area contributed by atoms with E-state index in [9.17, 15) is 17.6 Å². The first-order valence-electron chi connectivity index (χ1n) is 10.6. The largest absolute Gasteiger partial charge is 0.352 e. The lowest BCUT2D eigenvalue weighted by molar-refractivity contribution is 0.0950. The minimum atomic E-state index is -3.88. The lowest BCUT2D eigenvalue weighted by atomic mass is 9.99. The molecule has 0 saturated carbocycles. The van der Waals surface area contributed by atoms with Crippen LogP contribution in [0.3, 0.4) is 0 Å². The molecule has 0 atom stereocenters. The first-order chi connectivity index (χ1) is 14.8. The number of anilines is 1. The van der Waals surface area contributed by atoms with Crippen LogP contribution in [-0.2, 0) is 10.0 Å². The number of sulfonamides is 1. The maximum absolute atomic E-state index is 13.1. The molecule has 1 saturated heterocycles. The number of carbonyl (C=O) groups is 1. The van der Waals surface area contributed by atoms with E-state index < -0.39 is 15.8 Å². The number of carbonyl (C=O) groups excluding carboxylic acids is 1. The fourth-order valence-electron chi connectivity index (χ4n) is 3.64. The second-order valence-corrected chi connectivity index (χ2v) is 10.1. The van der Waals surface area contributed by atoms with Crippen molar-refractivity contribution in [3.05, 3.63) is 59.9 Å². The van der Waals surface area contributed by atoms with Crippen LogP contribution in [-0.4, -0.2) is 52.5 Å². The number of likely N-dealkylation sites (tertiary alicyclic amines) is 1. The molecule has 1 fully saturated rings. The van der Waals surface area contributed by atoms with Crippen molar-refractivity contribution in [3.8, 4) is 0 Å². The molecule has 1 aliphatic rings. The lowest BCUT2D eigenvalue weighted by Crippen LogP contribution is -2.35. The van der Waals surface area contributed by atoms with E-state index in [0.717, 1.165) is 36.3 Å². The van der Waals surface area contributed by atoms with Gasteiger partial charge in [0.1, 0.15) is 5.82 Å². The van der Waals surface area contributed by atoms with Crippen molar-refractivity contribution in [2.24, 2.45) is 5.92 Å². The summed E-state index contributed by atoms with van der Waals surface area (Å²) in [5.74, 6) is 0.0541. The van der Waals surface area contributed by atoms with Gasteiger partial charge in [-0.3, -0.25) is 9.10 Å². The van der Waals surface area contributed by atoms with E-state index >= 15 is 0 Å². The van der Waals surface area contributed by atoms with Gasteiger partial charge in [-0.25, -0.2) is 12.8 Å². The molecule has 2 aromatic carbocycles. The molecule has 1 N–H and O–H groups in total. The summed E-state index contributed by atoms with van der Waals surface area (Å²) in [6.45, 7) is 5.98. The quantitative estimate of drug-likeness (QED) is 0.629. The van der Waals surface area contributed by atoms with Gasteiger partial charge in [-0.2, -0.15) is 0 Å².